The van der Waals surface area contributed by atoms with E-state index in [1.54, 1.807) is 7.11 Å². The van der Waals surface area contributed by atoms with E-state index < -0.39 is 0 Å². The summed E-state index contributed by atoms with van der Waals surface area (Å²) >= 11 is 0. The van der Waals surface area contributed by atoms with Gasteiger partial charge in [-0.05, 0) is 31.5 Å². The Kier molecular flexibility index (Phi) is 7.54. The van der Waals surface area contributed by atoms with E-state index in [1.165, 1.54) is 5.56 Å². The lowest BCUT2D eigenvalue weighted by Crippen LogP contribution is -2.18. The summed E-state index contributed by atoms with van der Waals surface area (Å²) in [5.41, 5.74) is 2.35. The highest BCUT2D eigenvalue weighted by molar-refractivity contribution is 5.17. The van der Waals surface area contributed by atoms with Gasteiger partial charge in [0.25, 0.3) is 0 Å². The molecule has 0 aliphatic carbocycles. The molecular weight excluding hydrogens is 216 g/mol. The fraction of sp³-hybridized carbons (Fsp3) is 0.615. The van der Waals surface area contributed by atoms with E-state index in [0.717, 1.165) is 31.8 Å². The predicted octanol–water partition coefficient (Wildman–Crippen LogP) is 1.53. The maximum atomic E-state index is 5.37. The molecule has 0 atom stereocenters. The monoisotopic (exact) mass is 238 g/mol. The van der Waals surface area contributed by atoms with Crippen LogP contribution in [0, 0.1) is 6.92 Å². The molecule has 17 heavy (non-hydrogen) atoms. The van der Waals surface area contributed by atoms with Crippen LogP contribution in [0.1, 0.15) is 17.7 Å². The second-order valence-electron chi connectivity index (χ2n) is 3.90. The van der Waals surface area contributed by atoms with Crippen molar-refractivity contribution in [2.24, 2.45) is 0 Å². The highest BCUT2D eigenvalue weighted by atomic mass is 16.5. The number of aryl methyl sites for hydroxylation is 1. The van der Waals surface area contributed by atoms with E-state index in [2.05, 4.69) is 23.3 Å². The number of rotatable bonds is 9. The minimum absolute atomic E-state index is 0.667. The molecule has 4 heteroatoms. The molecule has 0 saturated carbocycles. The Bertz CT molecular complexity index is 305. The molecule has 1 heterocycles. The highest BCUT2D eigenvalue weighted by Crippen LogP contribution is 2.01. The lowest BCUT2D eigenvalue weighted by molar-refractivity contribution is 0.0694. The zero-order chi connectivity index (χ0) is 12.3. The minimum Gasteiger partial charge on any atom is -0.382 e. The predicted molar refractivity (Wildman–Crippen MR) is 68.0 cm³/mol. The normalized spacial score (nSPS) is 10.7. The van der Waals surface area contributed by atoms with Crippen molar-refractivity contribution < 1.29 is 9.47 Å². The molecule has 0 saturated heterocycles. The first-order valence-corrected chi connectivity index (χ1v) is 6.02. The van der Waals surface area contributed by atoms with Crippen LogP contribution in [0.25, 0.3) is 0 Å². The molecule has 0 spiro atoms. The topological polar surface area (TPSA) is 43.4 Å². The summed E-state index contributed by atoms with van der Waals surface area (Å²) in [6.07, 6.45) is 2.84. The van der Waals surface area contributed by atoms with Gasteiger partial charge in [0, 0.05) is 26.5 Å². The number of nitrogens with one attached hydrogen (secondary N) is 1. The van der Waals surface area contributed by atoms with Gasteiger partial charge in [-0.2, -0.15) is 0 Å². The van der Waals surface area contributed by atoms with Crippen molar-refractivity contribution in [1.29, 1.82) is 0 Å². The fourth-order valence-corrected chi connectivity index (χ4v) is 1.45. The molecule has 0 aliphatic heterocycles. The number of methoxy groups -OCH3 is 1. The molecule has 1 N–H and O–H groups in total. The third kappa shape index (κ3) is 6.36. The zero-order valence-corrected chi connectivity index (χ0v) is 10.7. The van der Waals surface area contributed by atoms with Gasteiger partial charge in [0.15, 0.2) is 0 Å². The van der Waals surface area contributed by atoms with Gasteiger partial charge in [0.2, 0.25) is 0 Å². The van der Waals surface area contributed by atoms with E-state index in [4.69, 9.17) is 9.47 Å². The molecule has 1 aromatic heterocycles. The van der Waals surface area contributed by atoms with E-state index in [-0.39, 0.29) is 0 Å². The Balaban J connectivity index is 1.99. The van der Waals surface area contributed by atoms with Crippen LogP contribution in [-0.2, 0) is 16.0 Å². The van der Waals surface area contributed by atoms with E-state index in [9.17, 15) is 0 Å². The van der Waals surface area contributed by atoms with Crippen LogP contribution in [0.15, 0.2) is 18.3 Å². The van der Waals surface area contributed by atoms with Gasteiger partial charge in [-0.15, -0.1) is 0 Å². The maximum Gasteiger partial charge on any atom is 0.0700 e. The number of hydrogen-bond donors (Lipinski definition) is 1. The van der Waals surface area contributed by atoms with Gasteiger partial charge < -0.3 is 14.8 Å². The molecule has 0 amide bonds. The van der Waals surface area contributed by atoms with Crippen molar-refractivity contribution >= 4 is 0 Å². The Morgan fingerprint density at radius 1 is 1.29 bits per heavy atom. The molecule has 0 bridgehead atoms. The van der Waals surface area contributed by atoms with E-state index >= 15 is 0 Å². The van der Waals surface area contributed by atoms with Gasteiger partial charge in [-0.1, -0.05) is 6.07 Å². The third-order valence-corrected chi connectivity index (χ3v) is 2.48. The molecular formula is C13H22N2O2. The number of ether oxygens (including phenoxy) is 2. The van der Waals surface area contributed by atoms with Crippen molar-refractivity contribution in [2.75, 3.05) is 33.5 Å². The Labute approximate surface area is 103 Å². The molecule has 0 fully saturated rings. The molecule has 96 valence electrons. The van der Waals surface area contributed by atoms with Crippen LogP contribution < -0.4 is 5.32 Å². The van der Waals surface area contributed by atoms with Crippen molar-refractivity contribution in [3.8, 4) is 0 Å². The Morgan fingerprint density at radius 3 is 2.94 bits per heavy atom. The molecule has 1 aromatic rings. The fourth-order valence-electron chi connectivity index (χ4n) is 1.45. The average molecular weight is 238 g/mol. The van der Waals surface area contributed by atoms with Gasteiger partial charge in [-0.25, -0.2) is 0 Å². The molecule has 0 radical (unpaired) electrons. The first kappa shape index (κ1) is 14.1. The van der Waals surface area contributed by atoms with Crippen LogP contribution in [0.4, 0.5) is 0 Å². The largest absolute Gasteiger partial charge is 0.382 e. The smallest absolute Gasteiger partial charge is 0.0700 e. The minimum atomic E-state index is 0.667. The van der Waals surface area contributed by atoms with Crippen LogP contribution in [0.5, 0.6) is 0 Å². The van der Waals surface area contributed by atoms with Crippen LogP contribution >= 0.6 is 0 Å². The summed E-state index contributed by atoms with van der Waals surface area (Å²) in [7, 11) is 1.68. The number of nitrogens with zero attached hydrogens (tertiary/aromatic N) is 1. The summed E-state index contributed by atoms with van der Waals surface area (Å²) < 4.78 is 10.3. The first-order valence-electron chi connectivity index (χ1n) is 6.02. The van der Waals surface area contributed by atoms with Gasteiger partial charge in [-0.3, -0.25) is 4.98 Å². The zero-order valence-electron chi connectivity index (χ0n) is 10.7. The number of hydrogen-bond acceptors (Lipinski definition) is 4. The summed E-state index contributed by atoms with van der Waals surface area (Å²) in [6, 6.07) is 4.04. The summed E-state index contributed by atoms with van der Waals surface area (Å²) in [5.74, 6) is 0. The summed E-state index contributed by atoms with van der Waals surface area (Å²) in [4.78, 5) is 4.33. The van der Waals surface area contributed by atoms with E-state index in [0.29, 0.717) is 13.2 Å². The Morgan fingerprint density at radius 2 is 2.18 bits per heavy atom. The van der Waals surface area contributed by atoms with Crippen molar-refractivity contribution in [1.82, 2.24) is 10.3 Å². The molecule has 0 unspecified atom stereocenters. The number of aromatic nitrogens is 1. The quantitative estimate of drug-likeness (QED) is 0.663. The summed E-state index contributed by atoms with van der Waals surface area (Å²) in [5, 5.41) is 3.36. The Hall–Kier alpha value is -0.970. The second-order valence-corrected chi connectivity index (χ2v) is 3.90. The molecule has 1 rings (SSSR count). The van der Waals surface area contributed by atoms with Crippen molar-refractivity contribution in [3.05, 3.63) is 29.6 Å². The van der Waals surface area contributed by atoms with Crippen molar-refractivity contribution in [3.63, 3.8) is 0 Å². The SMILES string of the molecule is COCCOCCCNCc1ncccc1C. The lowest BCUT2D eigenvalue weighted by Gasteiger charge is -2.07. The molecule has 4 nitrogen and oxygen atoms in total. The second kappa shape index (κ2) is 9.10. The van der Waals surface area contributed by atoms with Gasteiger partial charge in [0.05, 0.1) is 18.9 Å². The lowest BCUT2D eigenvalue weighted by atomic mass is 10.2. The average Bonchev–Trinajstić information content (AvgIpc) is 2.35. The standard InChI is InChI=1S/C13H22N2O2/c1-12-5-3-7-15-13(12)11-14-6-4-8-17-10-9-16-2/h3,5,7,14H,4,6,8-11H2,1-2H3. The highest BCUT2D eigenvalue weighted by Gasteiger charge is 1.97. The van der Waals surface area contributed by atoms with Crippen LogP contribution in [-0.4, -0.2) is 38.5 Å². The van der Waals surface area contributed by atoms with Gasteiger partial charge >= 0.3 is 0 Å². The number of pyridine rings is 1. The first-order chi connectivity index (χ1) is 8.34. The van der Waals surface area contributed by atoms with Gasteiger partial charge in [0.1, 0.15) is 0 Å². The van der Waals surface area contributed by atoms with Crippen molar-refractivity contribution in [2.45, 2.75) is 19.9 Å². The molecule has 0 aliphatic rings. The van der Waals surface area contributed by atoms with E-state index in [1.807, 2.05) is 12.3 Å². The third-order valence-electron chi connectivity index (χ3n) is 2.48. The van der Waals surface area contributed by atoms with Crippen LogP contribution in [0.2, 0.25) is 0 Å². The van der Waals surface area contributed by atoms with Crippen LogP contribution in [0.3, 0.4) is 0 Å². The maximum absolute atomic E-state index is 5.37. The molecule has 0 aromatic carbocycles. The summed E-state index contributed by atoms with van der Waals surface area (Å²) in [6.45, 7) is 5.97.